The van der Waals surface area contributed by atoms with E-state index in [1.54, 1.807) is 11.8 Å². The number of thioether (sulfide) groups is 1. The molecule has 0 spiro atoms. The minimum absolute atomic E-state index is 0.110. The van der Waals surface area contributed by atoms with Gasteiger partial charge < -0.3 is 9.88 Å². The fraction of sp³-hybridized carbons (Fsp3) is 0.320. The van der Waals surface area contributed by atoms with E-state index in [-0.39, 0.29) is 17.9 Å². The number of aryl methyl sites for hydroxylation is 2. The van der Waals surface area contributed by atoms with Gasteiger partial charge in [0.1, 0.15) is 0 Å². The zero-order chi connectivity index (χ0) is 22.4. The Morgan fingerprint density at radius 1 is 1.06 bits per heavy atom. The normalized spacial score (nSPS) is 12.0. The molecule has 1 aromatic heterocycles. The van der Waals surface area contributed by atoms with Crippen LogP contribution < -0.4 is 5.32 Å². The van der Waals surface area contributed by atoms with Gasteiger partial charge in [0, 0.05) is 17.9 Å². The van der Waals surface area contributed by atoms with Gasteiger partial charge in [-0.05, 0) is 37.5 Å². The van der Waals surface area contributed by atoms with Crippen molar-refractivity contribution in [1.82, 2.24) is 20.1 Å². The molecule has 0 aliphatic carbocycles. The molecule has 2 aromatic carbocycles. The van der Waals surface area contributed by atoms with Crippen molar-refractivity contribution < 1.29 is 4.79 Å². The van der Waals surface area contributed by atoms with Crippen molar-refractivity contribution in [3.8, 4) is 0 Å². The van der Waals surface area contributed by atoms with E-state index in [2.05, 4.69) is 67.1 Å². The number of rotatable bonds is 9. The van der Waals surface area contributed by atoms with Gasteiger partial charge in [0.25, 0.3) is 5.91 Å². The summed E-state index contributed by atoms with van der Waals surface area (Å²) < 4.78 is 2.05. The van der Waals surface area contributed by atoms with Crippen molar-refractivity contribution in [1.29, 1.82) is 0 Å². The smallest absolute Gasteiger partial charge is 0.251 e. The van der Waals surface area contributed by atoms with Gasteiger partial charge in [-0.15, -0.1) is 16.8 Å². The minimum atomic E-state index is -0.255. The first-order chi connectivity index (χ1) is 14.9. The van der Waals surface area contributed by atoms with Gasteiger partial charge in [0.05, 0.1) is 6.04 Å². The lowest BCUT2D eigenvalue weighted by Crippen LogP contribution is -2.33. The molecule has 6 heteroatoms. The minimum Gasteiger partial charge on any atom is -0.342 e. The summed E-state index contributed by atoms with van der Waals surface area (Å²) >= 11 is 1.64. The third kappa shape index (κ3) is 5.85. The number of hydrogen-bond donors (Lipinski definition) is 1. The zero-order valence-electron chi connectivity index (χ0n) is 18.6. The molecular weight excluding hydrogens is 404 g/mol. The molecule has 3 aromatic rings. The predicted octanol–water partition coefficient (Wildman–Crippen LogP) is 5.50. The van der Waals surface area contributed by atoms with Crippen molar-refractivity contribution in [2.75, 3.05) is 0 Å². The van der Waals surface area contributed by atoms with E-state index in [1.807, 2.05) is 41.8 Å². The van der Waals surface area contributed by atoms with Gasteiger partial charge in [-0.1, -0.05) is 79.2 Å². The van der Waals surface area contributed by atoms with Crippen LogP contribution in [0.15, 0.2) is 66.3 Å². The van der Waals surface area contributed by atoms with E-state index in [9.17, 15) is 4.79 Å². The molecule has 1 atom stereocenters. The highest BCUT2D eigenvalue weighted by Gasteiger charge is 2.26. The Morgan fingerprint density at radius 2 is 1.68 bits per heavy atom. The molecule has 1 heterocycles. The largest absolute Gasteiger partial charge is 0.342 e. The van der Waals surface area contributed by atoms with E-state index in [4.69, 9.17) is 0 Å². The van der Waals surface area contributed by atoms with E-state index >= 15 is 0 Å². The van der Waals surface area contributed by atoms with Crippen LogP contribution in [0.1, 0.15) is 52.8 Å². The Labute approximate surface area is 189 Å². The summed E-state index contributed by atoms with van der Waals surface area (Å²) in [7, 11) is 0. The van der Waals surface area contributed by atoms with Crippen molar-refractivity contribution in [3.63, 3.8) is 0 Å². The van der Waals surface area contributed by atoms with Crippen LogP contribution in [0.4, 0.5) is 0 Å². The molecule has 3 rings (SSSR count). The molecular formula is C25H30N4OS. The highest BCUT2D eigenvalue weighted by Crippen LogP contribution is 2.27. The van der Waals surface area contributed by atoms with Crippen LogP contribution in [0.5, 0.6) is 0 Å². The number of allylic oxidation sites excluding steroid dienone is 1. The Bertz CT molecular complexity index is 1020. The van der Waals surface area contributed by atoms with Crippen LogP contribution in [0.25, 0.3) is 0 Å². The van der Waals surface area contributed by atoms with Gasteiger partial charge in [-0.3, -0.25) is 4.79 Å². The number of carbonyl (C=O) groups excluding carboxylic acids is 1. The first-order valence-corrected chi connectivity index (χ1v) is 11.5. The lowest BCUT2D eigenvalue weighted by molar-refractivity contribution is 0.0922. The average Bonchev–Trinajstić information content (AvgIpc) is 3.14. The quantitative estimate of drug-likeness (QED) is 0.357. The first-order valence-electron chi connectivity index (χ1n) is 10.5. The maximum atomic E-state index is 12.9. The molecule has 31 heavy (non-hydrogen) atoms. The molecule has 0 aliphatic rings. The monoisotopic (exact) mass is 434 g/mol. The first kappa shape index (κ1) is 22.8. The van der Waals surface area contributed by atoms with Crippen LogP contribution in [-0.2, 0) is 12.3 Å². The summed E-state index contributed by atoms with van der Waals surface area (Å²) in [6, 6.07) is 15.8. The lowest BCUT2D eigenvalue weighted by Gasteiger charge is -2.22. The van der Waals surface area contributed by atoms with Gasteiger partial charge in [0.2, 0.25) is 0 Å². The summed E-state index contributed by atoms with van der Waals surface area (Å²) in [4.78, 5) is 12.9. The number of nitrogens with one attached hydrogen (secondary N) is 1. The summed E-state index contributed by atoms with van der Waals surface area (Å²) in [5, 5.41) is 12.9. The third-order valence-corrected chi connectivity index (χ3v) is 6.13. The third-order valence-electron chi connectivity index (χ3n) is 5.09. The highest BCUT2D eigenvalue weighted by atomic mass is 32.2. The topological polar surface area (TPSA) is 59.8 Å². The average molecular weight is 435 g/mol. The molecule has 0 saturated heterocycles. The van der Waals surface area contributed by atoms with Crippen LogP contribution >= 0.6 is 11.8 Å². The number of amides is 1. The molecule has 1 amide bonds. The van der Waals surface area contributed by atoms with Gasteiger partial charge in [-0.25, -0.2) is 0 Å². The van der Waals surface area contributed by atoms with Crippen LogP contribution in [0.3, 0.4) is 0 Å². The lowest BCUT2D eigenvalue weighted by atomic mass is 10.0. The molecule has 0 fully saturated rings. The molecule has 1 N–H and O–H groups in total. The number of carbonyl (C=O) groups is 1. The molecule has 0 aliphatic heterocycles. The molecule has 0 saturated carbocycles. The maximum absolute atomic E-state index is 12.9. The molecule has 1 unspecified atom stereocenters. The van der Waals surface area contributed by atoms with E-state index in [0.29, 0.717) is 12.1 Å². The maximum Gasteiger partial charge on any atom is 0.251 e. The fourth-order valence-electron chi connectivity index (χ4n) is 3.23. The van der Waals surface area contributed by atoms with Crippen LogP contribution in [0, 0.1) is 19.8 Å². The summed E-state index contributed by atoms with van der Waals surface area (Å²) in [6.45, 7) is 12.7. The van der Waals surface area contributed by atoms with Crippen molar-refractivity contribution >= 4 is 17.7 Å². The van der Waals surface area contributed by atoms with E-state index < -0.39 is 0 Å². The second-order valence-electron chi connectivity index (χ2n) is 8.08. The Kier molecular flexibility index (Phi) is 7.69. The second kappa shape index (κ2) is 10.4. The molecule has 0 bridgehead atoms. The summed E-state index contributed by atoms with van der Waals surface area (Å²) in [5.41, 5.74) is 4.24. The molecule has 0 radical (unpaired) electrons. The van der Waals surface area contributed by atoms with Gasteiger partial charge in [-0.2, -0.15) is 0 Å². The Hall–Kier alpha value is -2.86. The van der Waals surface area contributed by atoms with E-state index in [1.165, 1.54) is 11.1 Å². The number of nitrogens with zero attached hydrogens (tertiary/aromatic N) is 3. The van der Waals surface area contributed by atoms with Crippen molar-refractivity contribution in [2.45, 2.75) is 51.2 Å². The standard InChI is InChI=1S/C25H30N4OS/c1-6-15-29-23(27-28-25(29)31-16-20-11-7-18(4)8-12-20)22(17(2)3)26-24(30)21-13-9-19(5)10-14-21/h6-14,17,22H,1,15-16H2,2-5H3,(H,26,30). The van der Waals surface area contributed by atoms with Crippen LogP contribution in [-0.4, -0.2) is 20.7 Å². The van der Waals surface area contributed by atoms with Crippen molar-refractivity contribution in [2.24, 2.45) is 5.92 Å². The van der Waals surface area contributed by atoms with Crippen LogP contribution in [0.2, 0.25) is 0 Å². The number of aromatic nitrogens is 3. The molecule has 5 nitrogen and oxygen atoms in total. The fourth-order valence-corrected chi connectivity index (χ4v) is 4.14. The number of hydrogen-bond acceptors (Lipinski definition) is 4. The SMILES string of the molecule is C=CCn1c(SCc2ccc(C)cc2)nnc1C(NC(=O)c1ccc(C)cc1)C(C)C. The summed E-state index contributed by atoms with van der Waals surface area (Å²) in [5.74, 6) is 1.59. The van der Waals surface area contributed by atoms with Crippen molar-refractivity contribution in [3.05, 3.63) is 89.3 Å². The van der Waals surface area contributed by atoms with E-state index in [0.717, 1.165) is 22.3 Å². The van der Waals surface area contributed by atoms with Gasteiger partial charge >= 0.3 is 0 Å². The second-order valence-corrected chi connectivity index (χ2v) is 9.02. The zero-order valence-corrected chi connectivity index (χ0v) is 19.4. The number of benzene rings is 2. The highest BCUT2D eigenvalue weighted by molar-refractivity contribution is 7.98. The molecule has 162 valence electrons. The Balaban J connectivity index is 1.82. The summed E-state index contributed by atoms with van der Waals surface area (Å²) in [6.07, 6.45) is 1.84. The Morgan fingerprint density at radius 3 is 2.26 bits per heavy atom. The predicted molar refractivity (Wildman–Crippen MR) is 127 cm³/mol. The van der Waals surface area contributed by atoms with Gasteiger partial charge in [0.15, 0.2) is 11.0 Å².